The van der Waals surface area contributed by atoms with E-state index in [2.05, 4.69) is 39.5 Å². The van der Waals surface area contributed by atoms with E-state index < -0.39 is 0 Å². The van der Waals surface area contributed by atoms with Gasteiger partial charge in [0.25, 0.3) is 5.91 Å². The molecule has 1 aliphatic rings. The van der Waals surface area contributed by atoms with Gasteiger partial charge in [0.15, 0.2) is 0 Å². The Hall–Kier alpha value is -3.18. The van der Waals surface area contributed by atoms with Crippen molar-refractivity contribution in [1.82, 2.24) is 14.9 Å². The van der Waals surface area contributed by atoms with Crippen molar-refractivity contribution in [2.45, 2.75) is 18.8 Å². The maximum Gasteiger partial charge on any atom is 0.274 e. The zero-order valence-electron chi connectivity index (χ0n) is 16.5. The standard InChI is InChI=1S/C24H24N4O/c1-28-12-10-16(11-13-28)20-15-25-22-9-7-18(14-19(20)22)26-24(29)23-8-6-17-4-2-3-5-21(17)27-23/h2-9,14-16,25H,10-13H2,1H3,(H,26,29). The minimum absolute atomic E-state index is 0.188. The Morgan fingerprint density at radius 1 is 1.10 bits per heavy atom. The molecule has 29 heavy (non-hydrogen) atoms. The van der Waals surface area contributed by atoms with Gasteiger partial charge in [-0.3, -0.25) is 4.79 Å². The molecule has 0 unspecified atom stereocenters. The number of hydrogen-bond donors (Lipinski definition) is 2. The van der Waals surface area contributed by atoms with Crippen LogP contribution in [0.3, 0.4) is 0 Å². The maximum atomic E-state index is 12.8. The van der Waals surface area contributed by atoms with E-state index in [0.717, 1.165) is 35.2 Å². The molecule has 0 atom stereocenters. The summed E-state index contributed by atoms with van der Waals surface area (Å²) in [5.41, 5.74) is 4.51. The van der Waals surface area contributed by atoms with Crippen LogP contribution in [-0.4, -0.2) is 40.9 Å². The van der Waals surface area contributed by atoms with Crippen LogP contribution in [0.15, 0.2) is 60.8 Å². The van der Waals surface area contributed by atoms with Crippen LogP contribution >= 0.6 is 0 Å². The van der Waals surface area contributed by atoms with E-state index >= 15 is 0 Å². The summed E-state index contributed by atoms with van der Waals surface area (Å²) in [6.45, 7) is 2.25. The monoisotopic (exact) mass is 384 g/mol. The van der Waals surface area contributed by atoms with Gasteiger partial charge in [-0.25, -0.2) is 4.98 Å². The summed E-state index contributed by atoms with van der Waals surface area (Å²) in [5, 5.41) is 5.24. The third-order valence-electron chi connectivity index (χ3n) is 5.96. The molecule has 4 aromatic rings. The Balaban J connectivity index is 1.41. The molecule has 1 fully saturated rings. The molecular formula is C24H24N4O. The Kier molecular flexibility index (Phi) is 4.52. The molecule has 0 saturated carbocycles. The Labute approximate surface area is 169 Å². The van der Waals surface area contributed by atoms with Gasteiger partial charge in [0.1, 0.15) is 5.69 Å². The second-order valence-corrected chi connectivity index (χ2v) is 7.93. The van der Waals surface area contributed by atoms with E-state index in [0.29, 0.717) is 11.6 Å². The van der Waals surface area contributed by atoms with Crippen LogP contribution in [0.4, 0.5) is 5.69 Å². The summed E-state index contributed by atoms with van der Waals surface area (Å²) in [6, 6.07) is 17.6. The Bertz CT molecular complexity index is 1190. The molecule has 5 rings (SSSR count). The van der Waals surface area contributed by atoms with Crippen molar-refractivity contribution in [1.29, 1.82) is 0 Å². The molecule has 2 N–H and O–H groups in total. The minimum Gasteiger partial charge on any atom is -0.361 e. The van der Waals surface area contributed by atoms with E-state index in [-0.39, 0.29) is 5.91 Å². The summed E-state index contributed by atoms with van der Waals surface area (Å²) in [5.74, 6) is 0.375. The van der Waals surface area contributed by atoms with Crippen LogP contribution in [0.25, 0.3) is 21.8 Å². The summed E-state index contributed by atoms with van der Waals surface area (Å²) >= 11 is 0. The maximum absolute atomic E-state index is 12.8. The number of pyridine rings is 1. The van der Waals surface area contributed by atoms with Crippen molar-refractivity contribution in [3.8, 4) is 0 Å². The van der Waals surface area contributed by atoms with Gasteiger partial charge < -0.3 is 15.2 Å². The van der Waals surface area contributed by atoms with E-state index in [1.54, 1.807) is 6.07 Å². The third-order valence-corrected chi connectivity index (χ3v) is 5.96. The molecule has 5 nitrogen and oxygen atoms in total. The zero-order valence-corrected chi connectivity index (χ0v) is 16.5. The summed E-state index contributed by atoms with van der Waals surface area (Å²) in [4.78, 5) is 23.0. The highest BCUT2D eigenvalue weighted by Crippen LogP contribution is 2.34. The number of piperidine rings is 1. The molecule has 2 aromatic carbocycles. The number of hydrogen-bond acceptors (Lipinski definition) is 3. The molecule has 0 spiro atoms. The van der Waals surface area contributed by atoms with Crippen LogP contribution in [0.5, 0.6) is 0 Å². The molecule has 1 amide bonds. The highest BCUT2D eigenvalue weighted by molar-refractivity contribution is 6.05. The van der Waals surface area contributed by atoms with E-state index in [4.69, 9.17) is 0 Å². The quantitative estimate of drug-likeness (QED) is 0.534. The number of benzene rings is 2. The number of nitrogens with zero attached hydrogens (tertiary/aromatic N) is 2. The number of anilines is 1. The fourth-order valence-electron chi connectivity index (χ4n) is 4.26. The van der Waals surface area contributed by atoms with Crippen molar-refractivity contribution < 1.29 is 4.79 Å². The SMILES string of the molecule is CN1CCC(c2c[nH]c3ccc(NC(=O)c4ccc5ccccc5n4)cc23)CC1. The van der Waals surface area contributed by atoms with Crippen LogP contribution < -0.4 is 5.32 Å². The first-order chi connectivity index (χ1) is 14.2. The van der Waals surface area contributed by atoms with Gasteiger partial charge in [-0.05, 0) is 74.8 Å². The molecule has 5 heteroatoms. The minimum atomic E-state index is -0.188. The Morgan fingerprint density at radius 2 is 1.93 bits per heavy atom. The molecule has 1 aliphatic heterocycles. The van der Waals surface area contributed by atoms with Crippen LogP contribution in [0, 0.1) is 0 Å². The molecule has 0 bridgehead atoms. The van der Waals surface area contributed by atoms with Gasteiger partial charge in [-0.1, -0.05) is 24.3 Å². The second kappa shape index (κ2) is 7.33. The smallest absolute Gasteiger partial charge is 0.274 e. The Morgan fingerprint density at radius 3 is 2.79 bits per heavy atom. The summed E-state index contributed by atoms with van der Waals surface area (Å²) in [7, 11) is 2.18. The van der Waals surface area contributed by atoms with Crippen molar-refractivity contribution in [2.24, 2.45) is 0 Å². The molecule has 2 aromatic heterocycles. The van der Waals surface area contributed by atoms with Gasteiger partial charge in [0.05, 0.1) is 5.52 Å². The second-order valence-electron chi connectivity index (χ2n) is 7.93. The molecule has 3 heterocycles. The van der Waals surface area contributed by atoms with Crippen LogP contribution in [0.2, 0.25) is 0 Å². The average molecular weight is 384 g/mol. The van der Waals surface area contributed by atoms with Crippen LogP contribution in [0.1, 0.15) is 34.8 Å². The predicted molar refractivity (Wildman–Crippen MR) is 117 cm³/mol. The number of carbonyl (C=O) groups is 1. The number of aromatic nitrogens is 2. The van der Waals surface area contributed by atoms with Crippen molar-refractivity contribution in [2.75, 3.05) is 25.5 Å². The van der Waals surface area contributed by atoms with Gasteiger partial charge in [0, 0.05) is 28.2 Å². The number of H-pyrrole nitrogens is 1. The lowest BCUT2D eigenvalue weighted by atomic mass is 9.89. The van der Waals surface area contributed by atoms with Gasteiger partial charge >= 0.3 is 0 Å². The highest BCUT2D eigenvalue weighted by Gasteiger charge is 2.21. The zero-order chi connectivity index (χ0) is 19.8. The van der Waals surface area contributed by atoms with E-state index in [9.17, 15) is 4.79 Å². The summed E-state index contributed by atoms with van der Waals surface area (Å²) < 4.78 is 0. The summed E-state index contributed by atoms with van der Waals surface area (Å²) in [6.07, 6.45) is 4.47. The molecule has 0 aliphatic carbocycles. The van der Waals surface area contributed by atoms with Crippen molar-refractivity contribution in [3.05, 3.63) is 72.1 Å². The number of amides is 1. The fraction of sp³-hybridized carbons (Fsp3) is 0.250. The molecular weight excluding hydrogens is 360 g/mol. The van der Waals surface area contributed by atoms with E-state index in [1.165, 1.54) is 23.8 Å². The van der Waals surface area contributed by atoms with Gasteiger partial charge in [-0.15, -0.1) is 0 Å². The van der Waals surface area contributed by atoms with E-state index in [1.807, 2.05) is 42.5 Å². The predicted octanol–water partition coefficient (Wildman–Crippen LogP) is 4.78. The first-order valence-electron chi connectivity index (χ1n) is 10.1. The number of carbonyl (C=O) groups excluding carboxylic acids is 1. The largest absolute Gasteiger partial charge is 0.361 e. The lowest BCUT2D eigenvalue weighted by Gasteiger charge is -2.28. The fourth-order valence-corrected chi connectivity index (χ4v) is 4.26. The first-order valence-corrected chi connectivity index (χ1v) is 10.1. The molecule has 1 saturated heterocycles. The highest BCUT2D eigenvalue weighted by atomic mass is 16.1. The lowest BCUT2D eigenvalue weighted by Crippen LogP contribution is -2.29. The molecule has 146 valence electrons. The lowest BCUT2D eigenvalue weighted by molar-refractivity contribution is 0.102. The number of para-hydroxylation sites is 1. The number of fused-ring (bicyclic) bond motifs is 2. The van der Waals surface area contributed by atoms with Gasteiger partial charge in [0.2, 0.25) is 0 Å². The number of nitrogens with one attached hydrogen (secondary N) is 2. The first kappa shape index (κ1) is 17.9. The van der Waals surface area contributed by atoms with Gasteiger partial charge in [-0.2, -0.15) is 0 Å². The number of likely N-dealkylation sites (tertiary alicyclic amines) is 1. The third kappa shape index (κ3) is 3.49. The topological polar surface area (TPSA) is 61.0 Å². The number of aromatic amines is 1. The van der Waals surface area contributed by atoms with Crippen LogP contribution in [-0.2, 0) is 0 Å². The average Bonchev–Trinajstić information content (AvgIpc) is 3.17. The molecule has 0 radical (unpaired) electrons. The van der Waals surface area contributed by atoms with Crippen molar-refractivity contribution >= 4 is 33.4 Å². The number of rotatable bonds is 3. The van der Waals surface area contributed by atoms with Crippen molar-refractivity contribution in [3.63, 3.8) is 0 Å². The normalized spacial score (nSPS) is 15.8.